The van der Waals surface area contributed by atoms with E-state index in [1.165, 1.54) is 217 Å². The number of rotatable bonds is 15. The number of hydrogen-bond donors (Lipinski definition) is 0. The van der Waals surface area contributed by atoms with E-state index in [4.69, 9.17) is 0 Å². The molecule has 680 valence electrons. The summed E-state index contributed by atoms with van der Waals surface area (Å²) in [6, 6.07) is 176. The van der Waals surface area contributed by atoms with Gasteiger partial charge in [0.1, 0.15) is 0 Å². The van der Waals surface area contributed by atoms with Crippen LogP contribution < -0.4 is 9.80 Å². The van der Waals surface area contributed by atoms with E-state index in [9.17, 15) is 0 Å². The van der Waals surface area contributed by atoms with Crippen LogP contribution >= 0.6 is 0 Å². The summed E-state index contributed by atoms with van der Waals surface area (Å²) in [6.45, 7) is 26.6. The zero-order valence-electron chi connectivity index (χ0n) is 82.4. The van der Waals surface area contributed by atoms with Gasteiger partial charge in [0.05, 0.1) is 22.2 Å². The summed E-state index contributed by atoms with van der Waals surface area (Å²) in [5, 5.41) is 0. The van der Waals surface area contributed by atoms with Gasteiger partial charge in [0.2, 0.25) is 0 Å². The highest BCUT2D eigenvalue weighted by Gasteiger charge is 2.55. The van der Waals surface area contributed by atoms with Gasteiger partial charge in [0.15, 0.2) is 0 Å². The van der Waals surface area contributed by atoms with Crippen LogP contribution in [0.5, 0.6) is 0 Å². The normalized spacial score (nSPS) is 17.3. The number of para-hydroxylation sites is 2. The minimum atomic E-state index is -0.679. The van der Waals surface area contributed by atoms with Crippen molar-refractivity contribution >= 4 is 34.1 Å². The van der Waals surface area contributed by atoms with E-state index in [0.29, 0.717) is 0 Å². The predicted octanol–water partition coefficient (Wildman–Crippen LogP) is 35.8. The van der Waals surface area contributed by atoms with Crippen molar-refractivity contribution in [3.8, 4) is 100 Å². The van der Waals surface area contributed by atoms with Crippen molar-refractivity contribution in [1.82, 2.24) is 0 Å². The fraction of sp³-hybridized carbons (Fsp3) is 0.143. The molecule has 0 saturated heterocycles. The van der Waals surface area contributed by atoms with Gasteiger partial charge < -0.3 is 9.80 Å². The molecule has 0 bridgehead atoms. The van der Waals surface area contributed by atoms with Crippen LogP contribution in [0.2, 0.25) is 0 Å². The van der Waals surface area contributed by atoms with E-state index >= 15 is 0 Å². The number of hydrogen-bond acceptors (Lipinski definition) is 2. The maximum Gasteiger partial charge on any atom is 0.0725 e. The second-order valence-corrected chi connectivity index (χ2v) is 44.0. The van der Waals surface area contributed by atoms with Crippen LogP contribution in [-0.2, 0) is 49.7 Å². The standard InChI is InChI=1S/C140H110N2/c1-133(2,3)93-67-73-102-103-74-68-94(134(4,5)87-88-66-76-118-111(80-88)104-75-69-98(86-126(104)138(118,11)90-42-18-13-19-43-90)142(95-70-77-119-112(83-95)99-48-24-33-59-117(99)137(119,10)89-40-16-12-17-41-89)130-65-37-30-52-106(130)108-56-39-63-125-132(108)110-54-28-32-58-116(110)136(125,8)9)82-128(103)140(127(102)81-93)121-61-35-26-50-101(121)114-85-97(72-79-123(114)140)141(129-64-36-29-51-105(129)107-55-38-62-124-131(107)109-53-27-31-57-115(109)135(124,6)7)96-71-78-122-113(84-96)100-49-25-34-60-120(100)139(122,91-44-20-14-21-45-91)92-46-22-15-23-47-92/h12-86H,87H2,1-11H3. The van der Waals surface area contributed by atoms with E-state index in [1.54, 1.807) is 0 Å². The highest BCUT2D eigenvalue weighted by atomic mass is 15.2. The Kier molecular flexibility index (Phi) is 18.6. The van der Waals surface area contributed by atoms with E-state index in [2.05, 4.69) is 541 Å². The summed E-state index contributed by atoms with van der Waals surface area (Å²) in [4.78, 5) is 5.20. The zero-order chi connectivity index (χ0) is 95.9. The molecule has 142 heavy (non-hydrogen) atoms. The van der Waals surface area contributed by atoms with Crippen LogP contribution in [0.15, 0.2) is 455 Å². The molecule has 0 aromatic heterocycles. The SMILES string of the molecule is CC(C)(C)c1ccc2c(c1)C1(c3ccccc3-c3cc(N(c4ccc5c(c4)-c4ccccc4C5(c4ccccc4)c4ccccc4)c4ccccc4-c4cccc5c4-c4ccccc4C5(C)C)ccc31)c1cc(C(C)(C)Cc3ccc4c(c3)-c3ccc(N(c5ccc6c(c5)-c5ccccc5C6(C)c5ccccc5)c5ccccc5-c5cccc6c5-c5ccccc5C6(C)C)cc3C4(C)c3ccccc3)ccc1-2. The predicted molar refractivity (Wildman–Crippen MR) is 592 cm³/mol. The first-order chi connectivity index (χ1) is 69.1. The molecule has 2 heteroatoms. The first-order valence-corrected chi connectivity index (χ1v) is 50.9. The molecular weight excluding hydrogens is 1710 g/mol. The molecule has 20 aromatic rings. The van der Waals surface area contributed by atoms with E-state index in [0.717, 1.165) is 40.5 Å². The third kappa shape index (κ3) is 11.9. The molecule has 1 spiro atoms. The average molecular weight is 1820 g/mol. The molecule has 0 N–H and O–H groups in total. The van der Waals surface area contributed by atoms with Crippen LogP contribution in [0, 0.1) is 0 Å². The second kappa shape index (κ2) is 31.0. The minimum absolute atomic E-state index is 0.131. The molecule has 2 nitrogen and oxygen atoms in total. The van der Waals surface area contributed by atoms with Gasteiger partial charge in [-0.3, -0.25) is 0 Å². The molecule has 0 aliphatic heterocycles. The maximum absolute atomic E-state index is 2.66. The summed E-state index contributed by atoms with van der Waals surface area (Å²) in [5.41, 5.74) is 53.9. The molecule has 0 radical (unpaired) electrons. The lowest BCUT2D eigenvalue weighted by Gasteiger charge is -2.34. The van der Waals surface area contributed by atoms with Crippen LogP contribution in [0.25, 0.3) is 100 Å². The van der Waals surface area contributed by atoms with Gasteiger partial charge in [-0.2, -0.15) is 0 Å². The molecule has 3 unspecified atom stereocenters. The molecule has 0 heterocycles. The van der Waals surface area contributed by atoms with Crippen molar-refractivity contribution in [1.29, 1.82) is 0 Å². The van der Waals surface area contributed by atoms with Gasteiger partial charge >= 0.3 is 0 Å². The van der Waals surface area contributed by atoms with Gasteiger partial charge in [-0.1, -0.05) is 457 Å². The van der Waals surface area contributed by atoms with Crippen molar-refractivity contribution in [2.75, 3.05) is 9.80 Å². The van der Waals surface area contributed by atoms with Crippen LogP contribution in [0.3, 0.4) is 0 Å². The molecule has 7 aliphatic rings. The number of nitrogens with zero attached hydrogens (tertiary/aromatic N) is 2. The highest BCUT2D eigenvalue weighted by molar-refractivity contribution is 6.05. The Morgan fingerprint density at radius 1 is 0.190 bits per heavy atom. The van der Waals surface area contributed by atoms with Crippen molar-refractivity contribution in [2.45, 2.75) is 126 Å². The third-order valence-electron chi connectivity index (χ3n) is 34.5. The molecule has 0 fully saturated rings. The van der Waals surface area contributed by atoms with Crippen LogP contribution in [-0.4, -0.2) is 0 Å². The lowest BCUT2D eigenvalue weighted by Crippen LogP contribution is -2.28. The zero-order valence-corrected chi connectivity index (χ0v) is 82.4. The smallest absolute Gasteiger partial charge is 0.0725 e. The molecule has 27 rings (SSSR count). The number of benzene rings is 20. The maximum atomic E-state index is 2.66. The Morgan fingerprint density at radius 2 is 0.493 bits per heavy atom. The Hall–Kier alpha value is -16.0. The van der Waals surface area contributed by atoms with Gasteiger partial charge in [0, 0.05) is 55.5 Å². The largest absolute Gasteiger partial charge is 0.310 e. The lowest BCUT2D eigenvalue weighted by atomic mass is 9.68. The molecular formula is C140H110N2. The van der Waals surface area contributed by atoms with Gasteiger partial charge in [0.25, 0.3) is 0 Å². The fourth-order valence-electron chi connectivity index (χ4n) is 27.6. The lowest BCUT2D eigenvalue weighted by molar-refractivity contribution is 0.521. The molecule has 3 atom stereocenters. The number of fused-ring (bicyclic) bond motifs is 25. The highest BCUT2D eigenvalue weighted by Crippen LogP contribution is 2.68. The van der Waals surface area contributed by atoms with Gasteiger partial charge in [-0.15, -0.1) is 0 Å². The quantitative estimate of drug-likeness (QED) is 0.101. The molecule has 0 amide bonds. The summed E-state index contributed by atoms with van der Waals surface area (Å²) in [5.74, 6) is 0. The van der Waals surface area contributed by atoms with Crippen molar-refractivity contribution < 1.29 is 0 Å². The van der Waals surface area contributed by atoms with Crippen molar-refractivity contribution in [3.63, 3.8) is 0 Å². The first-order valence-electron chi connectivity index (χ1n) is 50.9. The van der Waals surface area contributed by atoms with Gasteiger partial charge in [-0.25, -0.2) is 0 Å². The Balaban J connectivity index is 0.606. The van der Waals surface area contributed by atoms with Crippen molar-refractivity contribution in [3.05, 3.63) is 572 Å². The van der Waals surface area contributed by atoms with Gasteiger partial charge in [-0.05, 0) is 298 Å². The molecule has 7 aliphatic carbocycles. The Labute approximate surface area is 835 Å². The Morgan fingerprint density at radius 3 is 0.979 bits per heavy atom. The van der Waals surface area contributed by atoms with Crippen molar-refractivity contribution in [2.24, 2.45) is 0 Å². The second-order valence-electron chi connectivity index (χ2n) is 44.0. The molecule has 0 saturated carbocycles. The average Bonchev–Trinajstić information content (AvgIpc) is 1.50. The Bertz CT molecular complexity index is 8630. The monoisotopic (exact) mass is 1820 g/mol. The van der Waals surface area contributed by atoms with E-state index < -0.39 is 16.2 Å². The van der Waals surface area contributed by atoms with Crippen LogP contribution in [0.1, 0.15) is 193 Å². The third-order valence-corrected chi connectivity index (χ3v) is 34.5. The van der Waals surface area contributed by atoms with Crippen LogP contribution in [0.4, 0.5) is 34.1 Å². The molecule has 20 aromatic carbocycles. The minimum Gasteiger partial charge on any atom is -0.310 e. The topological polar surface area (TPSA) is 6.48 Å². The summed E-state index contributed by atoms with van der Waals surface area (Å²) >= 11 is 0. The summed E-state index contributed by atoms with van der Waals surface area (Å²) in [7, 11) is 0. The summed E-state index contributed by atoms with van der Waals surface area (Å²) in [6.07, 6.45) is 0.806. The fourth-order valence-corrected chi connectivity index (χ4v) is 27.6. The van der Waals surface area contributed by atoms with E-state index in [1.807, 2.05) is 0 Å². The number of anilines is 6. The summed E-state index contributed by atoms with van der Waals surface area (Å²) < 4.78 is 0. The first kappa shape index (κ1) is 85.2. The van der Waals surface area contributed by atoms with E-state index in [-0.39, 0.29) is 27.1 Å².